The molecular weight excluding hydrogens is 220 g/mol. The molecule has 0 heterocycles. The van der Waals surface area contributed by atoms with Gasteiger partial charge in [-0.3, -0.25) is 4.79 Å². The maximum Gasteiger partial charge on any atom is 0.248 e. The van der Waals surface area contributed by atoms with Crippen molar-refractivity contribution in [2.45, 2.75) is 12.6 Å². The molecule has 1 amide bonds. The zero-order valence-electron chi connectivity index (χ0n) is 9.85. The SMILES string of the molecule is COCC(CO)NCc1ccc(C(N)=O)cc1. The minimum Gasteiger partial charge on any atom is -0.395 e. The number of rotatable bonds is 7. The van der Waals surface area contributed by atoms with Gasteiger partial charge in [-0.1, -0.05) is 12.1 Å². The van der Waals surface area contributed by atoms with Gasteiger partial charge in [0.25, 0.3) is 0 Å². The van der Waals surface area contributed by atoms with Crippen molar-refractivity contribution in [2.75, 3.05) is 20.3 Å². The van der Waals surface area contributed by atoms with E-state index >= 15 is 0 Å². The summed E-state index contributed by atoms with van der Waals surface area (Å²) in [5, 5.41) is 12.2. The molecule has 0 radical (unpaired) electrons. The number of aliphatic hydroxyl groups is 1. The van der Waals surface area contributed by atoms with E-state index in [1.807, 2.05) is 12.1 Å². The summed E-state index contributed by atoms with van der Waals surface area (Å²) in [4.78, 5) is 10.9. The van der Waals surface area contributed by atoms with Gasteiger partial charge in [0.2, 0.25) is 5.91 Å². The van der Waals surface area contributed by atoms with Gasteiger partial charge in [0.05, 0.1) is 19.3 Å². The van der Waals surface area contributed by atoms with Crippen LogP contribution in [-0.2, 0) is 11.3 Å². The molecule has 0 fully saturated rings. The molecule has 0 aliphatic carbocycles. The van der Waals surface area contributed by atoms with Crippen molar-refractivity contribution in [1.82, 2.24) is 5.32 Å². The highest BCUT2D eigenvalue weighted by Crippen LogP contribution is 2.03. The average Bonchev–Trinajstić information content (AvgIpc) is 2.35. The van der Waals surface area contributed by atoms with Gasteiger partial charge < -0.3 is 20.9 Å². The Hall–Kier alpha value is -1.43. The van der Waals surface area contributed by atoms with Crippen LogP contribution < -0.4 is 11.1 Å². The van der Waals surface area contributed by atoms with Crippen LogP contribution in [0.3, 0.4) is 0 Å². The molecule has 0 spiro atoms. The molecule has 1 rings (SSSR count). The van der Waals surface area contributed by atoms with E-state index in [0.717, 1.165) is 5.56 Å². The zero-order chi connectivity index (χ0) is 12.7. The van der Waals surface area contributed by atoms with Gasteiger partial charge in [0, 0.05) is 19.2 Å². The topological polar surface area (TPSA) is 84.6 Å². The van der Waals surface area contributed by atoms with Crippen LogP contribution in [0.1, 0.15) is 15.9 Å². The zero-order valence-corrected chi connectivity index (χ0v) is 9.85. The molecule has 4 N–H and O–H groups in total. The Morgan fingerprint density at radius 1 is 1.47 bits per heavy atom. The van der Waals surface area contributed by atoms with Gasteiger partial charge in [-0.15, -0.1) is 0 Å². The summed E-state index contributed by atoms with van der Waals surface area (Å²) in [6.45, 7) is 1.08. The molecule has 17 heavy (non-hydrogen) atoms. The predicted octanol–water partition coefficient (Wildman–Crippen LogP) is -0.118. The molecule has 0 aliphatic rings. The fourth-order valence-electron chi connectivity index (χ4n) is 1.43. The van der Waals surface area contributed by atoms with Gasteiger partial charge in [-0.05, 0) is 17.7 Å². The molecule has 0 bridgehead atoms. The number of carbonyl (C=O) groups excluding carboxylic acids is 1. The second-order valence-electron chi connectivity index (χ2n) is 3.78. The second kappa shape index (κ2) is 7.01. The third-order valence-corrected chi connectivity index (χ3v) is 2.42. The van der Waals surface area contributed by atoms with Crippen LogP contribution in [0, 0.1) is 0 Å². The van der Waals surface area contributed by atoms with Gasteiger partial charge in [-0.2, -0.15) is 0 Å². The first-order valence-electron chi connectivity index (χ1n) is 5.39. The lowest BCUT2D eigenvalue weighted by Crippen LogP contribution is -2.35. The standard InChI is InChI=1S/C12H18N2O3/c1-17-8-11(7-15)14-6-9-2-4-10(5-3-9)12(13)16/h2-5,11,14-15H,6-8H2,1H3,(H2,13,16). The van der Waals surface area contributed by atoms with E-state index in [1.165, 1.54) is 0 Å². The lowest BCUT2D eigenvalue weighted by atomic mass is 10.1. The highest BCUT2D eigenvalue weighted by Gasteiger charge is 2.06. The summed E-state index contributed by atoms with van der Waals surface area (Å²) in [6.07, 6.45) is 0. The number of hydrogen-bond donors (Lipinski definition) is 3. The molecule has 1 unspecified atom stereocenters. The van der Waals surface area contributed by atoms with Gasteiger partial charge in [-0.25, -0.2) is 0 Å². The maximum atomic E-state index is 10.9. The number of methoxy groups -OCH3 is 1. The van der Waals surface area contributed by atoms with E-state index < -0.39 is 5.91 Å². The number of nitrogens with two attached hydrogens (primary N) is 1. The number of aliphatic hydroxyl groups excluding tert-OH is 1. The Morgan fingerprint density at radius 3 is 2.59 bits per heavy atom. The predicted molar refractivity (Wildman–Crippen MR) is 64.5 cm³/mol. The van der Waals surface area contributed by atoms with Crippen LogP contribution in [0.2, 0.25) is 0 Å². The van der Waals surface area contributed by atoms with Crippen LogP contribution in [0.4, 0.5) is 0 Å². The Kier molecular flexibility index (Phi) is 5.62. The van der Waals surface area contributed by atoms with E-state index in [0.29, 0.717) is 18.7 Å². The monoisotopic (exact) mass is 238 g/mol. The van der Waals surface area contributed by atoms with E-state index in [9.17, 15) is 4.79 Å². The van der Waals surface area contributed by atoms with Gasteiger partial charge in [0.15, 0.2) is 0 Å². The first-order valence-corrected chi connectivity index (χ1v) is 5.39. The van der Waals surface area contributed by atoms with Crippen molar-refractivity contribution in [3.8, 4) is 0 Å². The highest BCUT2D eigenvalue weighted by atomic mass is 16.5. The Morgan fingerprint density at radius 2 is 2.12 bits per heavy atom. The van der Waals surface area contributed by atoms with Crippen LogP contribution >= 0.6 is 0 Å². The fourth-order valence-corrected chi connectivity index (χ4v) is 1.43. The third-order valence-electron chi connectivity index (χ3n) is 2.42. The minimum absolute atomic E-state index is 0.0210. The first kappa shape index (κ1) is 13.6. The molecule has 0 aromatic heterocycles. The fraction of sp³-hybridized carbons (Fsp3) is 0.417. The number of nitrogens with one attached hydrogen (secondary N) is 1. The summed E-state index contributed by atoms with van der Waals surface area (Å²) >= 11 is 0. The summed E-state index contributed by atoms with van der Waals surface area (Å²) in [6, 6.07) is 6.94. The number of amides is 1. The highest BCUT2D eigenvalue weighted by molar-refractivity contribution is 5.92. The quantitative estimate of drug-likeness (QED) is 0.618. The molecular formula is C12H18N2O3. The van der Waals surface area contributed by atoms with E-state index in [1.54, 1.807) is 19.2 Å². The lowest BCUT2D eigenvalue weighted by Gasteiger charge is -2.15. The lowest BCUT2D eigenvalue weighted by molar-refractivity contribution is 0.100. The van der Waals surface area contributed by atoms with Crippen molar-refractivity contribution in [3.63, 3.8) is 0 Å². The van der Waals surface area contributed by atoms with Crippen LogP contribution in [-0.4, -0.2) is 37.4 Å². The van der Waals surface area contributed by atoms with Crippen molar-refractivity contribution < 1.29 is 14.6 Å². The number of primary amides is 1. The Labute approximate surface area is 101 Å². The van der Waals surface area contributed by atoms with E-state index in [4.69, 9.17) is 15.6 Å². The van der Waals surface area contributed by atoms with Crippen molar-refractivity contribution in [1.29, 1.82) is 0 Å². The van der Waals surface area contributed by atoms with E-state index in [-0.39, 0.29) is 12.6 Å². The average molecular weight is 238 g/mol. The van der Waals surface area contributed by atoms with E-state index in [2.05, 4.69) is 5.32 Å². The van der Waals surface area contributed by atoms with Crippen molar-refractivity contribution >= 4 is 5.91 Å². The summed E-state index contributed by atoms with van der Waals surface area (Å²) < 4.78 is 4.95. The van der Waals surface area contributed by atoms with Crippen molar-refractivity contribution in [3.05, 3.63) is 35.4 Å². The number of ether oxygens (including phenoxy) is 1. The molecule has 0 aliphatic heterocycles. The molecule has 94 valence electrons. The van der Waals surface area contributed by atoms with Gasteiger partial charge >= 0.3 is 0 Å². The second-order valence-corrected chi connectivity index (χ2v) is 3.78. The minimum atomic E-state index is -0.433. The number of benzene rings is 1. The van der Waals surface area contributed by atoms with Gasteiger partial charge in [0.1, 0.15) is 0 Å². The first-order chi connectivity index (χ1) is 8.17. The number of carbonyl (C=O) groups is 1. The molecule has 0 saturated heterocycles. The molecule has 1 aromatic rings. The Balaban J connectivity index is 2.48. The summed E-state index contributed by atoms with van der Waals surface area (Å²) in [5.41, 5.74) is 6.65. The Bertz CT molecular complexity index is 351. The van der Waals surface area contributed by atoms with Crippen molar-refractivity contribution in [2.24, 2.45) is 5.73 Å². The van der Waals surface area contributed by atoms with Crippen LogP contribution in [0.5, 0.6) is 0 Å². The van der Waals surface area contributed by atoms with Crippen LogP contribution in [0.25, 0.3) is 0 Å². The third kappa shape index (κ3) is 4.52. The largest absolute Gasteiger partial charge is 0.395 e. The summed E-state index contributed by atoms with van der Waals surface area (Å²) in [5.74, 6) is -0.433. The number of hydrogen-bond acceptors (Lipinski definition) is 4. The molecule has 1 aromatic carbocycles. The maximum absolute atomic E-state index is 10.9. The normalized spacial score (nSPS) is 12.4. The molecule has 5 heteroatoms. The van der Waals surface area contributed by atoms with Crippen LogP contribution in [0.15, 0.2) is 24.3 Å². The molecule has 0 saturated carbocycles. The summed E-state index contributed by atoms with van der Waals surface area (Å²) in [7, 11) is 1.59. The molecule has 5 nitrogen and oxygen atoms in total. The molecule has 1 atom stereocenters. The smallest absolute Gasteiger partial charge is 0.248 e.